The van der Waals surface area contributed by atoms with E-state index in [2.05, 4.69) is 40.3 Å². The SMILES string of the molecule is COc1ccc(Cn2ncc3ccc(N4CCN(OC(=O)C(C)(C)C)CC4)cc32)cc1. The van der Waals surface area contributed by atoms with Crippen molar-refractivity contribution < 1.29 is 14.4 Å². The molecule has 7 heteroatoms. The Balaban J connectivity index is 1.44. The molecule has 2 aromatic carbocycles. The maximum atomic E-state index is 12.1. The van der Waals surface area contributed by atoms with E-state index in [1.807, 2.05) is 43.8 Å². The van der Waals surface area contributed by atoms with Crippen molar-refractivity contribution >= 4 is 22.6 Å². The minimum absolute atomic E-state index is 0.190. The van der Waals surface area contributed by atoms with Crippen LogP contribution in [-0.4, -0.2) is 54.1 Å². The van der Waals surface area contributed by atoms with Crippen LogP contribution in [0.15, 0.2) is 48.7 Å². The summed E-state index contributed by atoms with van der Waals surface area (Å²) in [6.45, 7) is 9.29. The van der Waals surface area contributed by atoms with Gasteiger partial charge < -0.3 is 14.5 Å². The van der Waals surface area contributed by atoms with Crippen LogP contribution in [-0.2, 0) is 16.2 Å². The number of benzene rings is 2. The van der Waals surface area contributed by atoms with Gasteiger partial charge in [-0.25, -0.2) is 4.79 Å². The molecule has 1 aromatic heterocycles. The number of rotatable bonds is 5. The molecular formula is C24H30N4O3. The van der Waals surface area contributed by atoms with Crippen molar-refractivity contribution in [1.29, 1.82) is 0 Å². The van der Waals surface area contributed by atoms with Gasteiger partial charge >= 0.3 is 5.97 Å². The average molecular weight is 423 g/mol. The molecule has 0 spiro atoms. The predicted molar refractivity (Wildman–Crippen MR) is 121 cm³/mol. The number of aromatic nitrogens is 2. The summed E-state index contributed by atoms with van der Waals surface area (Å²) >= 11 is 0. The normalized spacial score (nSPS) is 15.3. The Bertz CT molecular complexity index is 1040. The van der Waals surface area contributed by atoms with Gasteiger partial charge in [-0.1, -0.05) is 12.1 Å². The first-order chi connectivity index (χ1) is 14.8. The molecule has 1 saturated heterocycles. The molecule has 0 unspecified atom stereocenters. The van der Waals surface area contributed by atoms with Gasteiger partial charge in [0.15, 0.2) is 0 Å². The van der Waals surface area contributed by atoms with Crippen LogP contribution in [0.1, 0.15) is 26.3 Å². The molecule has 0 saturated carbocycles. The van der Waals surface area contributed by atoms with E-state index in [4.69, 9.17) is 9.57 Å². The van der Waals surface area contributed by atoms with Crippen molar-refractivity contribution in [3.05, 3.63) is 54.2 Å². The zero-order valence-corrected chi connectivity index (χ0v) is 18.7. The number of hydrogen-bond donors (Lipinski definition) is 0. The Kier molecular flexibility index (Phi) is 5.87. The number of carbonyl (C=O) groups is 1. The lowest BCUT2D eigenvalue weighted by atomic mass is 9.98. The molecule has 0 radical (unpaired) electrons. The molecule has 0 N–H and O–H groups in total. The second kappa shape index (κ2) is 8.59. The largest absolute Gasteiger partial charge is 0.497 e. The summed E-state index contributed by atoms with van der Waals surface area (Å²) in [6, 6.07) is 14.5. The number of carbonyl (C=O) groups excluding carboxylic acids is 1. The van der Waals surface area contributed by atoms with E-state index in [0.717, 1.165) is 35.4 Å². The first-order valence-corrected chi connectivity index (χ1v) is 10.6. The lowest BCUT2D eigenvalue weighted by Crippen LogP contribution is -2.48. The van der Waals surface area contributed by atoms with Crippen LogP contribution < -0.4 is 9.64 Å². The number of fused-ring (bicyclic) bond motifs is 1. The second-order valence-electron chi connectivity index (χ2n) is 8.94. The zero-order chi connectivity index (χ0) is 22.0. The predicted octanol–water partition coefficient (Wildman–Crippen LogP) is 3.72. The number of nitrogens with zero attached hydrogens (tertiary/aromatic N) is 4. The number of hydrogen-bond acceptors (Lipinski definition) is 6. The van der Waals surface area contributed by atoms with E-state index in [1.54, 1.807) is 12.2 Å². The maximum Gasteiger partial charge on any atom is 0.330 e. The van der Waals surface area contributed by atoms with Crippen LogP contribution in [0, 0.1) is 5.41 Å². The Morgan fingerprint density at radius 3 is 2.39 bits per heavy atom. The van der Waals surface area contributed by atoms with Crippen LogP contribution in [0.3, 0.4) is 0 Å². The fraction of sp³-hybridized carbons (Fsp3) is 0.417. The summed E-state index contributed by atoms with van der Waals surface area (Å²) < 4.78 is 7.27. The van der Waals surface area contributed by atoms with Crippen molar-refractivity contribution in [2.45, 2.75) is 27.3 Å². The summed E-state index contributed by atoms with van der Waals surface area (Å²) in [5, 5.41) is 7.48. The topological polar surface area (TPSA) is 59.8 Å². The highest BCUT2D eigenvalue weighted by Gasteiger charge is 2.28. The molecule has 0 bridgehead atoms. The van der Waals surface area contributed by atoms with Crippen LogP contribution in [0.25, 0.3) is 10.9 Å². The molecule has 7 nitrogen and oxygen atoms in total. The monoisotopic (exact) mass is 422 g/mol. The highest BCUT2D eigenvalue weighted by atomic mass is 16.7. The van der Waals surface area contributed by atoms with Crippen molar-refractivity contribution in [2.24, 2.45) is 5.41 Å². The first kappa shape index (κ1) is 21.2. The fourth-order valence-electron chi connectivity index (χ4n) is 3.58. The zero-order valence-electron chi connectivity index (χ0n) is 18.7. The van der Waals surface area contributed by atoms with Gasteiger partial charge in [0.2, 0.25) is 0 Å². The van der Waals surface area contributed by atoms with Gasteiger partial charge in [0.05, 0.1) is 43.9 Å². The minimum atomic E-state index is -0.496. The molecule has 0 atom stereocenters. The Hall–Kier alpha value is -3.06. The van der Waals surface area contributed by atoms with E-state index in [9.17, 15) is 4.79 Å². The lowest BCUT2D eigenvalue weighted by molar-refractivity contribution is -0.201. The molecule has 2 heterocycles. The summed E-state index contributed by atoms with van der Waals surface area (Å²) in [4.78, 5) is 20.0. The Morgan fingerprint density at radius 2 is 1.74 bits per heavy atom. The van der Waals surface area contributed by atoms with Crippen LogP contribution in [0.4, 0.5) is 5.69 Å². The molecule has 1 aliphatic heterocycles. The van der Waals surface area contributed by atoms with Crippen molar-refractivity contribution in [3.63, 3.8) is 0 Å². The Morgan fingerprint density at radius 1 is 1.03 bits per heavy atom. The highest BCUT2D eigenvalue weighted by Crippen LogP contribution is 2.25. The van der Waals surface area contributed by atoms with Gasteiger partial charge in [0.1, 0.15) is 5.75 Å². The van der Waals surface area contributed by atoms with Gasteiger partial charge in [-0.2, -0.15) is 5.10 Å². The van der Waals surface area contributed by atoms with Gasteiger partial charge in [-0.3, -0.25) is 4.68 Å². The summed E-state index contributed by atoms with van der Waals surface area (Å²) in [5.41, 5.74) is 2.94. The third-order valence-electron chi connectivity index (χ3n) is 5.55. The molecule has 3 aromatic rings. The quantitative estimate of drug-likeness (QED) is 0.625. The smallest absolute Gasteiger partial charge is 0.330 e. The first-order valence-electron chi connectivity index (χ1n) is 10.6. The van der Waals surface area contributed by atoms with E-state index in [-0.39, 0.29) is 5.97 Å². The standard InChI is InChI=1S/C24H30N4O3/c1-24(2,3)23(29)31-27-13-11-26(12-14-27)20-8-7-19-16-25-28(22(19)15-20)17-18-5-9-21(30-4)10-6-18/h5-10,15-16H,11-14,17H2,1-4H3. The van der Waals surface area contributed by atoms with Crippen LogP contribution in [0.5, 0.6) is 5.75 Å². The molecular weight excluding hydrogens is 392 g/mol. The Labute approximate surface area is 183 Å². The van der Waals surface area contributed by atoms with E-state index >= 15 is 0 Å². The van der Waals surface area contributed by atoms with Crippen molar-refractivity contribution in [1.82, 2.24) is 14.8 Å². The van der Waals surface area contributed by atoms with Crippen LogP contribution >= 0.6 is 0 Å². The van der Waals surface area contributed by atoms with Crippen LogP contribution in [0.2, 0.25) is 0 Å². The molecule has 0 aliphatic carbocycles. The fourth-order valence-corrected chi connectivity index (χ4v) is 3.58. The third-order valence-corrected chi connectivity index (χ3v) is 5.55. The molecule has 0 amide bonds. The summed E-state index contributed by atoms with van der Waals surface area (Å²) in [5.74, 6) is 0.661. The van der Waals surface area contributed by atoms with Crippen molar-refractivity contribution in [3.8, 4) is 5.75 Å². The van der Waals surface area contributed by atoms with Crippen molar-refractivity contribution in [2.75, 3.05) is 38.2 Å². The molecule has 1 aliphatic rings. The van der Waals surface area contributed by atoms with Gasteiger partial charge in [-0.15, -0.1) is 5.06 Å². The molecule has 31 heavy (non-hydrogen) atoms. The second-order valence-corrected chi connectivity index (χ2v) is 8.94. The van der Waals surface area contributed by atoms with E-state index in [1.165, 1.54) is 5.56 Å². The number of ether oxygens (including phenoxy) is 1. The maximum absolute atomic E-state index is 12.1. The van der Waals surface area contributed by atoms with Gasteiger partial charge in [0, 0.05) is 24.2 Å². The van der Waals surface area contributed by atoms with E-state index in [0.29, 0.717) is 19.6 Å². The number of methoxy groups -OCH3 is 1. The molecule has 164 valence electrons. The van der Waals surface area contributed by atoms with Gasteiger partial charge in [-0.05, 0) is 56.7 Å². The van der Waals surface area contributed by atoms with E-state index < -0.39 is 5.41 Å². The highest BCUT2D eigenvalue weighted by molar-refractivity contribution is 5.82. The number of anilines is 1. The number of piperazine rings is 1. The summed E-state index contributed by atoms with van der Waals surface area (Å²) in [7, 11) is 1.67. The summed E-state index contributed by atoms with van der Waals surface area (Å²) in [6.07, 6.45) is 1.91. The molecule has 4 rings (SSSR count). The average Bonchev–Trinajstić information content (AvgIpc) is 3.16. The number of hydroxylamine groups is 2. The third kappa shape index (κ3) is 4.82. The molecule has 1 fully saturated rings. The lowest BCUT2D eigenvalue weighted by Gasteiger charge is -2.35. The minimum Gasteiger partial charge on any atom is -0.497 e. The van der Waals surface area contributed by atoms with Gasteiger partial charge in [0.25, 0.3) is 0 Å².